The van der Waals surface area contributed by atoms with Gasteiger partial charge in [-0.25, -0.2) is 0 Å². The number of anilines is 1. The summed E-state index contributed by atoms with van der Waals surface area (Å²) in [5.41, 5.74) is 0.423. The molecule has 2 aromatic rings. The zero-order chi connectivity index (χ0) is 14.6. The first-order valence-electron chi connectivity index (χ1n) is 6.35. The molecule has 0 atom stereocenters. The standard InChI is InChI=1S/C14H17N3O3/c1-14(2,9-8-11(18)19)16-13-15-12(20-17-13)10-6-4-3-5-7-10/h3-7H,8-9H2,1-2H3,(H,16,17)(H,18,19). The predicted octanol–water partition coefficient (Wildman–Crippen LogP) is 2.79. The van der Waals surface area contributed by atoms with E-state index in [1.165, 1.54) is 0 Å². The largest absolute Gasteiger partial charge is 0.481 e. The molecule has 0 spiro atoms. The summed E-state index contributed by atoms with van der Waals surface area (Å²) < 4.78 is 5.18. The molecule has 2 N–H and O–H groups in total. The molecule has 0 amide bonds. The second kappa shape index (κ2) is 5.73. The van der Waals surface area contributed by atoms with E-state index in [4.69, 9.17) is 9.63 Å². The fourth-order valence-corrected chi connectivity index (χ4v) is 1.76. The molecule has 0 unspecified atom stereocenters. The lowest BCUT2D eigenvalue weighted by atomic mass is 9.99. The van der Waals surface area contributed by atoms with E-state index >= 15 is 0 Å². The molecule has 0 fully saturated rings. The van der Waals surface area contributed by atoms with E-state index in [2.05, 4.69) is 15.5 Å². The van der Waals surface area contributed by atoms with E-state index < -0.39 is 11.5 Å². The second-order valence-corrected chi connectivity index (χ2v) is 5.19. The average Bonchev–Trinajstić information content (AvgIpc) is 2.85. The number of benzene rings is 1. The Kier molecular flexibility index (Phi) is 4.02. The Morgan fingerprint density at radius 3 is 2.70 bits per heavy atom. The lowest BCUT2D eigenvalue weighted by Crippen LogP contribution is -2.32. The van der Waals surface area contributed by atoms with Gasteiger partial charge < -0.3 is 14.9 Å². The summed E-state index contributed by atoms with van der Waals surface area (Å²) in [7, 11) is 0. The minimum atomic E-state index is -0.821. The van der Waals surface area contributed by atoms with E-state index in [-0.39, 0.29) is 6.42 Å². The van der Waals surface area contributed by atoms with E-state index in [9.17, 15) is 4.79 Å². The van der Waals surface area contributed by atoms with Gasteiger partial charge in [0.05, 0.1) is 0 Å². The summed E-state index contributed by atoms with van der Waals surface area (Å²) in [5.74, 6) is -0.0284. The number of carbonyl (C=O) groups is 1. The Balaban J connectivity index is 2.04. The number of aromatic nitrogens is 2. The van der Waals surface area contributed by atoms with Crippen LogP contribution in [0.5, 0.6) is 0 Å². The molecule has 0 radical (unpaired) electrons. The summed E-state index contributed by atoms with van der Waals surface area (Å²) >= 11 is 0. The van der Waals surface area contributed by atoms with Crippen molar-refractivity contribution in [1.29, 1.82) is 0 Å². The van der Waals surface area contributed by atoms with Crippen LogP contribution in [0.1, 0.15) is 26.7 Å². The Hall–Kier alpha value is -2.37. The van der Waals surface area contributed by atoms with Gasteiger partial charge in [-0.1, -0.05) is 18.2 Å². The van der Waals surface area contributed by atoms with Crippen LogP contribution in [0.2, 0.25) is 0 Å². The molecule has 20 heavy (non-hydrogen) atoms. The molecule has 1 heterocycles. The number of rotatable bonds is 6. The molecular weight excluding hydrogens is 258 g/mol. The van der Waals surface area contributed by atoms with Gasteiger partial charge in [-0.15, -0.1) is 0 Å². The lowest BCUT2D eigenvalue weighted by Gasteiger charge is -2.24. The van der Waals surface area contributed by atoms with Crippen LogP contribution < -0.4 is 5.32 Å². The number of hydrogen-bond donors (Lipinski definition) is 2. The molecule has 6 nitrogen and oxygen atoms in total. The smallest absolute Gasteiger partial charge is 0.303 e. The first-order chi connectivity index (χ1) is 9.46. The lowest BCUT2D eigenvalue weighted by molar-refractivity contribution is -0.137. The highest BCUT2D eigenvalue weighted by molar-refractivity contribution is 5.66. The molecule has 0 saturated carbocycles. The van der Waals surface area contributed by atoms with Crippen LogP contribution in [0.25, 0.3) is 11.5 Å². The van der Waals surface area contributed by atoms with Crippen molar-refractivity contribution in [2.24, 2.45) is 0 Å². The molecule has 1 aromatic carbocycles. The zero-order valence-electron chi connectivity index (χ0n) is 11.5. The Labute approximate surface area is 116 Å². The third kappa shape index (κ3) is 3.81. The maximum absolute atomic E-state index is 10.6. The van der Waals surface area contributed by atoms with Crippen molar-refractivity contribution in [2.45, 2.75) is 32.2 Å². The molecule has 0 aliphatic heterocycles. The van der Waals surface area contributed by atoms with Gasteiger partial charge in [-0.05, 0) is 37.6 Å². The quantitative estimate of drug-likeness (QED) is 0.842. The van der Waals surface area contributed by atoms with E-state index in [0.29, 0.717) is 18.3 Å². The van der Waals surface area contributed by atoms with E-state index in [0.717, 1.165) is 5.56 Å². The Morgan fingerprint density at radius 2 is 2.05 bits per heavy atom. The topological polar surface area (TPSA) is 88.2 Å². The van der Waals surface area contributed by atoms with Crippen LogP contribution in [0, 0.1) is 0 Å². The maximum Gasteiger partial charge on any atom is 0.303 e. The SMILES string of the molecule is CC(C)(CCC(=O)O)Nc1noc(-c2ccccc2)n1. The minimum Gasteiger partial charge on any atom is -0.481 e. The van der Waals surface area contributed by atoms with Crippen molar-refractivity contribution in [3.63, 3.8) is 0 Å². The highest BCUT2D eigenvalue weighted by Crippen LogP contribution is 2.21. The molecule has 0 saturated heterocycles. The molecule has 0 aliphatic rings. The van der Waals surface area contributed by atoms with Crippen molar-refractivity contribution in [3.05, 3.63) is 30.3 Å². The Morgan fingerprint density at radius 1 is 1.35 bits per heavy atom. The van der Waals surface area contributed by atoms with E-state index in [1.54, 1.807) is 0 Å². The highest BCUT2D eigenvalue weighted by atomic mass is 16.5. The highest BCUT2D eigenvalue weighted by Gasteiger charge is 2.21. The summed E-state index contributed by atoms with van der Waals surface area (Å²) in [6.45, 7) is 3.79. The van der Waals surface area contributed by atoms with Crippen LogP contribution in [0.4, 0.5) is 5.95 Å². The first-order valence-corrected chi connectivity index (χ1v) is 6.35. The Bertz CT molecular complexity index is 578. The molecule has 0 bridgehead atoms. The fraction of sp³-hybridized carbons (Fsp3) is 0.357. The van der Waals surface area contributed by atoms with E-state index in [1.807, 2.05) is 44.2 Å². The van der Waals surface area contributed by atoms with Crippen molar-refractivity contribution >= 4 is 11.9 Å². The molecule has 0 aliphatic carbocycles. The van der Waals surface area contributed by atoms with Gasteiger partial charge in [0.15, 0.2) is 0 Å². The average molecular weight is 275 g/mol. The van der Waals surface area contributed by atoms with Crippen LogP contribution >= 0.6 is 0 Å². The van der Waals surface area contributed by atoms with Gasteiger partial charge in [0.2, 0.25) is 0 Å². The van der Waals surface area contributed by atoms with Gasteiger partial charge in [0.25, 0.3) is 11.8 Å². The summed E-state index contributed by atoms with van der Waals surface area (Å²) in [6.07, 6.45) is 0.556. The van der Waals surface area contributed by atoms with Gasteiger partial charge >= 0.3 is 5.97 Å². The van der Waals surface area contributed by atoms with Gasteiger partial charge in [-0.3, -0.25) is 4.79 Å². The van der Waals surface area contributed by atoms with Crippen molar-refractivity contribution in [1.82, 2.24) is 10.1 Å². The third-order valence-corrected chi connectivity index (χ3v) is 2.86. The summed E-state index contributed by atoms with van der Waals surface area (Å²) in [4.78, 5) is 14.9. The number of carboxylic acid groups (broad SMARTS) is 1. The zero-order valence-corrected chi connectivity index (χ0v) is 11.5. The molecule has 106 valence electrons. The number of aliphatic carboxylic acids is 1. The molecule has 1 aromatic heterocycles. The van der Waals surface area contributed by atoms with Crippen molar-refractivity contribution < 1.29 is 14.4 Å². The van der Waals surface area contributed by atoms with Crippen LogP contribution in [0.15, 0.2) is 34.9 Å². The van der Waals surface area contributed by atoms with Crippen LogP contribution in [-0.2, 0) is 4.79 Å². The summed E-state index contributed by atoms with van der Waals surface area (Å²) in [5, 5.41) is 15.7. The number of nitrogens with one attached hydrogen (secondary N) is 1. The van der Waals surface area contributed by atoms with Gasteiger partial charge in [0, 0.05) is 17.5 Å². The minimum absolute atomic E-state index is 0.0867. The third-order valence-electron chi connectivity index (χ3n) is 2.86. The maximum atomic E-state index is 10.6. The van der Waals surface area contributed by atoms with Gasteiger partial charge in [-0.2, -0.15) is 4.98 Å². The number of nitrogens with zero attached hydrogens (tertiary/aromatic N) is 2. The van der Waals surface area contributed by atoms with Crippen LogP contribution in [-0.4, -0.2) is 26.8 Å². The summed E-state index contributed by atoms with van der Waals surface area (Å²) in [6, 6.07) is 9.46. The molecular formula is C14H17N3O3. The van der Waals surface area contributed by atoms with Crippen LogP contribution in [0.3, 0.4) is 0 Å². The van der Waals surface area contributed by atoms with Crippen molar-refractivity contribution in [2.75, 3.05) is 5.32 Å². The second-order valence-electron chi connectivity index (χ2n) is 5.19. The molecule has 2 rings (SSSR count). The fourth-order valence-electron chi connectivity index (χ4n) is 1.76. The monoisotopic (exact) mass is 275 g/mol. The van der Waals surface area contributed by atoms with Gasteiger partial charge in [0.1, 0.15) is 0 Å². The number of carboxylic acids is 1. The number of hydrogen-bond acceptors (Lipinski definition) is 5. The molecule has 6 heteroatoms. The predicted molar refractivity (Wildman–Crippen MR) is 74.3 cm³/mol. The normalized spacial score (nSPS) is 11.3. The first kappa shape index (κ1) is 14.0. The van der Waals surface area contributed by atoms with Crippen molar-refractivity contribution in [3.8, 4) is 11.5 Å².